The number of carbonyl (C=O) groups is 1. The van der Waals surface area contributed by atoms with Crippen molar-refractivity contribution in [2.75, 3.05) is 7.05 Å². The summed E-state index contributed by atoms with van der Waals surface area (Å²) in [5, 5.41) is 2.94. The molecule has 4 nitrogen and oxygen atoms in total. The van der Waals surface area contributed by atoms with Gasteiger partial charge in [-0.1, -0.05) is 12.1 Å². The Bertz CT molecular complexity index is 596. The zero-order valence-corrected chi connectivity index (χ0v) is 13.0. The fourth-order valence-corrected chi connectivity index (χ4v) is 2.15. The summed E-state index contributed by atoms with van der Waals surface area (Å²) in [5.74, 6) is 0.452. The van der Waals surface area contributed by atoms with Crippen molar-refractivity contribution in [3.05, 3.63) is 59.8 Å². The van der Waals surface area contributed by atoms with E-state index in [9.17, 15) is 9.18 Å². The molecular formula is C17H21FN2O2. The van der Waals surface area contributed by atoms with E-state index in [1.807, 2.05) is 37.9 Å². The number of halogens is 1. The average molecular weight is 304 g/mol. The summed E-state index contributed by atoms with van der Waals surface area (Å²) in [7, 11) is 1.87. The molecule has 118 valence electrons. The lowest BCUT2D eigenvalue weighted by atomic mass is 10.1. The van der Waals surface area contributed by atoms with Crippen molar-refractivity contribution in [3.63, 3.8) is 0 Å². The third-order valence-electron chi connectivity index (χ3n) is 3.75. The Hall–Kier alpha value is -2.14. The Morgan fingerprint density at radius 2 is 1.95 bits per heavy atom. The smallest absolute Gasteiger partial charge is 0.237 e. The van der Waals surface area contributed by atoms with E-state index in [1.54, 1.807) is 18.4 Å². The molecule has 0 radical (unpaired) electrons. The molecule has 1 aromatic carbocycles. The fourth-order valence-electron chi connectivity index (χ4n) is 2.15. The third kappa shape index (κ3) is 4.18. The first-order valence-corrected chi connectivity index (χ1v) is 7.26. The van der Waals surface area contributed by atoms with Gasteiger partial charge in [-0.05, 0) is 50.7 Å². The number of likely N-dealkylation sites (N-methyl/N-ethyl adjacent to an activating group) is 1. The Labute approximate surface area is 129 Å². The van der Waals surface area contributed by atoms with Crippen LogP contribution in [-0.4, -0.2) is 23.9 Å². The summed E-state index contributed by atoms with van der Waals surface area (Å²) in [6.45, 7) is 4.28. The first-order chi connectivity index (χ1) is 10.5. The molecule has 1 amide bonds. The second-order valence-electron chi connectivity index (χ2n) is 5.45. The number of carbonyl (C=O) groups excluding carboxylic acids is 1. The van der Waals surface area contributed by atoms with E-state index in [0.29, 0.717) is 6.54 Å². The van der Waals surface area contributed by atoms with Crippen molar-refractivity contribution in [1.82, 2.24) is 10.2 Å². The molecule has 1 heterocycles. The van der Waals surface area contributed by atoms with Crippen LogP contribution < -0.4 is 5.32 Å². The van der Waals surface area contributed by atoms with Crippen LogP contribution in [0.1, 0.15) is 31.2 Å². The minimum Gasteiger partial charge on any atom is -0.468 e. The fraction of sp³-hybridized carbons (Fsp3) is 0.353. The Morgan fingerprint density at radius 3 is 2.55 bits per heavy atom. The van der Waals surface area contributed by atoms with Crippen LogP contribution in [-0.2, 0) is 11.3 Å². The quantitative estimate of drug-likeness (QED) is 0.892. The van der Waals surface area contributed by atoms with Gasteiger partial charge >= 0.3 is 0 Å². The monoisotopic (exact) mass is 304 g/mol. The SMILES string of the molecule is C[C@H](C(=O)N[C@H](C)c1ccc(F)cc1)N(C)Cc1ccco1. The molecule has 0 aliphatic heterocycles. The van der Waals surface area contributed by atoms with Crippen molar-refractivity contribution in [2.45, 2.75) is 32.5 Å². The highest BCUT2D eigenvalue weighted by Gasteiger charge is 2.20. The molecule has 1 aromatic heterocycles. The number of rotatable bonds is 6. The van der Waals surface area contributed by atoms with Gasteiger partial charge in [0.15, 0.2) is 0 Å². The molecule has 2 rings (SSSR count). The normalized spacial score (nSPS) is 13.9. The summed E-state index contributed by atoms with van der Waals surface area (Å²) < 4.78 is 18.2. The minimum atomic E-state index is -0.298. The lowest BCUT2D eigenvalue weighted by Gasteiger charge is -2.25. The maximum absolute atomic E-state index is 12.9. The van der Waals surface area contributed by atoms with Gasteiger partial charge in [0.1, 0.15) is 11.6 Å². The summed E-state index contributed by atoms with van der Waals surface area (Å²) >= 11 is 0. The van der Waals surface area contributed by atoms with Crippen molar-refractivity contribution in [1.29, 1.82) is 0 Å². The van der Waals surface area contributed by atoms with Gasteiger partial charge in [0, 0.05) is 0 Å². The van der Waals surface area contributed by atoms with Gasteiger partial charge < -0.3 is 9.73 Å². The van der Waals surface area contributed by atoms with Crippen molar-refractivity contribution in [2.24, 2.45) is 0 Å². The van der Waals surface area contributed by atoms with Crippen LogP contribution in [0.4, 0.5) is 4.39 Å². The van der Waals surface area contributed by atoms with Gasteiger partial charge in [0.05, 0.1) is 24.9 Å². The molecule has 5 heteroatoms. The van der Waals surface area contributed by atoms with Gasteiger partial charge in [-0.3, -0.25) is 9.69 Å². The van der Waals surface area contributed by atoms with Crippen LogP contribution in [0.25, 0.3) is 0 Å². The second kappa shape index (κ2) is 7.22. The molecule has 0 unspecified atom stereocenters. The number of nitrogens with one attached hydrogen (secondary N) is 1. The van der Waals surface area contributed by atoms with Crippen LogP contribution in [0.15, 0.2) is 47.1 Å². The van der Waals surface area contributed by atoms with Gasteiger partial charge in [-0.2, -0.15) is 0 Å². The van der Waals surface area contributed by atoms with Crippen LogP contribution in [0.2, 0.25) is 0 Å². The Balaban J connectivity index is 1.91. The molecule has 0 bridgehead atoms. The van der Waals surface area contributed by atoms with Crippen LogP contribution in [0, 0.1) is 5.82 Å². The summed E-state index contributed by atoms with van der Waals surface area (Å²) in [5.41, 5.74) is 0.871. The average Bonchev–Trinajstić information content (AvgIpc) is 2.99. The van der Waals surface area contributed by atoms with Crippen molar-refractivity contribution >= 4 is 5.91 Å². The largest absolute Gasteiger partial charge is 0.468 e. The van der Waals surface area contributed by atoms with Gasteiger partial charge in [0.2, 0.25) is 5.91 Å². The molecular weight excluding hydrogens is 283 g/mol. The first-order valence-electron chi connectivity index (χ1n) is 7.26. The standard InChI is InChI=1S/C17H21FN2O2/c1-12(14-6-8-15(18)9-7-14)19-17(21)13(2)20(3)11-16-5-4-10-22-16/h4-10,12-13H,11H2,1-3H3,(H,19,21)/t12-,13-/m1/s1. The zero-order chi connectivity index (χ0) is 16.1. The number of amides is 1. The topological polar surface area (TPSA) is 45.5 Å². The van der Waals surface area contributed by atoms with Crippen molar-refractivity contribution in [3.8, 4) is 0 Å². The Morgan fingerprint density at radius 1 is 1.27 bits per heavy atom. The highest BCUT2D eigenvalue weighted by molar-refractivity contribution is 5.81. The number of hydrogen-bond acceptors (Lipinski definition) is 3. The van der Waals surface area contributed by atoms with E-state index in [0.717, 1.165) is 11.3 Å². The van der Waals surface area contributed by atoms with Crippen LogP contribution >= 0.6 is 0 Å². The van der Waals surface area contributed by atoms with E-state index in [2.05, 4.69) is 5.32 Å². The van der Waals surface area contributed by atoms with E-state index >= 15 is 0 Å². The molecule has 2 aromatic rings. The molecule has 0 aliphatic carbocycles. The molecule has 0 saturated heterocycles. The number of benzene rings is 1. The van der Waals surface area contributed by atoms with Crippen LogP contribution in [0.3, 0.4) is 0 Å². The van der Waals surface area contributed by atoms with Gasteiger partial charge in [0.25, 0.3) is 0 Å². The maximum Gasteiger partial charge on any atom is 0.237 e. The highest BCUT2D eigenvalue weighted by atomic mass is 19.1. The second-order valence-corrected chi connectivity index (χ2v) is 5.45. The van der Waals surface area contributed by atoms with Gasteiger partial charge in [-0.15, -0.1) is 0 Å². The summed E-state index contributed by atoms with van der Waals surface area (Å²) in [6.07, 6.45) is 1.62. The number of hydrogen-bond donors (Lipinski definition) is 1. The minimum absolute atomic E-state index is 0.0779. The van der Waals surface area contributed by atoms with E-state index < -0.39 is 0 Å². The predicted molar refractivity (Wildman–Crippen MR) is 82.6 cm³/mol. The summed E-state index contributed by atoms with van der Waals surface area (Å²) in [6, 6.07) is 9.37. The molecule has 22 heavy (non-hydrogen) atoms. The number of nitrogens with zero attached hydrogens (tertiary/aromatic N) is 1. The van der Waals surface area contributed by atoms with Gasteiger partial charge in [-0.25, -0.2) is 4.39 Å². The summed E-state index contributed by atoms with van der Waals surface area (Å²) in [4.78, 5) is 14.2. The lowest BCUT2D eigenvalue weighted by molar-refractivity contribution is -0.126. The molecule has 1 N–H and O–H groups in total. The molecule has 0 spiro atoms. The van der Waals surface area contributed by atoms with E-state index in [4.69, 9.17) is 4.42 Å². The molecule has 0 saturated carbocycles. The van der Waals surface area contributed by atoms with E-state index in [1.165, 1.54) is 12.1 Å². The van der Waals surface area contributed by atoms with Crippen LogP contribution in [0.5, 0.6) is 0 Å². The lowest BCUT2D eigenvalue weighted by Crippen LogP contribution is -2.43. The Kier molecular flexibility index (Phi) is 5.33. The zero-order valence-electron chi connectivity index (χ0n) is 13.0. The number of furan rings is 1. The van der Waals surface area contributed by atoms with Crippen molar-refractivity contribution < 1.29 is 13.6 Å². The van der Waals surface area contributed by atoms with E-state index in [-0.39, 0.29) is 23.8 Å². The predicted octanol–water partition coefficient (Wildman–Crippen LogP) is 3.12. The molecule has 0 fully saturated rings. The molecule has 2 atom stereocenters. The highest BCUT2D eigenvalue weighted by Crippen LogP contribution is 2.14. The first kappa shape index (κ1) is 16.2. The molecule has 0 aliphatic rings. The third-order valence-corrected chi connectivity index (χ3v) is 3.75. The maximum atomic E-state index is 12.9.